The molecule has 1 fully saturated rings. The van der Waals surface area contributed by atoms with Gasteiger partial charge in [-0.3, -0.25) is 14.5 Å². The Morgan fingerprint density at radius 1 is 1.53 bits per heavy atom. The fraction of sp³-hybridized carbons (Fsp3) is 0.692. The van der Waals surface area contributed by atoms with Gasteiger partial charge < -0.3 is 4.74 Å². The molecule has 0 aromatic heterocycles. The second-order valence-corrected chi connectivity index (χ2v) is 8.14. The van der Waals surface area contributed by atoms with Crippen molar-refractivity contribution in [1.82, 2.24) is 4.90 Å². The number of Topliss-reactive ketones (excluding diaryl/α,β-unsaturated/α-hetero) is 1. The van der Waals surface area contributed by atoms with E-state index in [9.17, 15) is 9.59 Å². The van der Waals surface area contributed by atoms with E-state index in [0.29, 0.717) is 5.70 Å². The van der Waals surface area contributed by atoms with E-state index in [-0.39, 0.29) is 17.1 Å². The van der Waals surface area contributed by atoms with Gasteiger partial charge in [-0.2, -0.15) is 0 Å². The molecule has 2 aliphatic heterocycles. The van der Waals surface area contributed by atoms with E-state index >= 15 is 0 Å². The molecule has 0 aromatic carbocycles. The Morgan fingerprint density at radius 3 is 2.58 bits per heavy atom. The zero-order valence-electron chi connectivity index (χ0n) is 11.7. The van der Waals surface area contributed by atoms with Crippen molar-refractivity contribution >= 4 is 39.4 Å². The maximum atomic E-state index is 12.5. The molecule has 0 N–H and O–H groups in total. The zero-order chi connectivity index (χ0) is 14.6. The van der Waals surface area contributed by atoms with Crippen molar-refractivity contribution in [2.45, 2.75) is 37.6 Å². The molecule has 0 bridgehead atoms. The van der Waals surface area contributed by atoms with Crippen molar-refractivity contribution in [3.63, 3.8) is 0 Å². The molecule has 6 heteroatoms. The van der Waals surface area contributed by atoms with Gasteiger partial charge >= 0.3 is 0 Å². The van der Waals surface area contributed by atoms with Gasteiger partial charge in [0, 0.05) is 18.3 Å². The van der Waals surface area contributed by atoms with Crippen LogP contribution in [0.5, 0.6) is 0 Å². The fourth-order valence-corrected chi connectivity index (χ4v) is 4.30. The van der Waals surface area contributed by atoms with Gasteiger partial charge in [-0.15, -0.1) is 11.8 Å². The van der Waals surface area contributed by atoms with Crippen LogP contribution in [0.4, 0.5) is 0 Å². The molecule has 0 aromatic rings. The predicted octanol–water partition coefficient (Wildman–Crippen LogP) is 2.53. The number of thioether (sulfide) groups is 1. The molecule has 2 heterocycles. The number of hydrogen-bond donors (Lipinski definition) is 0. The lowest BCUT2D eigenvalue weighted by atomic mass is 9.86. The van der Waals surface area contributed by atoms with E-state index in [1.165, 1.54) is 7.11 Å². The number of rotatable bonds is 2. The lowest BCUT2D eigenvalue weighted by Gasteiger charge is -2.54. The summed E-state index contributed by atoms with van der Waals surface area (Å²) in [5.74, 6) is 0.552. The molecule has 0 spiro atoms. The van der Waals surface area contributed by atoms with Crippen LogP contribution >= 0.6 is 27.7 Å². The number of carbonyl (C=O) groups is 2. The van der Waals surface area contributed by atoms with Crippen LogP contribution < -0.4 is 0 Å². The lowest BCUT2D eigenvalue weighted by molar-refractivity contribution is -0.164. The minimum Gasteiger partial charge on any atom is -0.356 e. The summed E-state index contributed by atoms with van der Waals surface area (Å²) in [4.78, 5) is 26.4. The quantitative estimate of drug-likeness (QED) is 0.568. The second kappa shape index (κ2) is 4.60. The summed E-state index contributed by atoms with van der Waals surface area (Å²) < 4.78 is 4.29. The van der Waals surface area contributed by atoms with Gasteiger partial charge in [-0.1, -0.05) is 20.8 Å². The van der Waals surface area contributed by atoms with Gasteiger partial charge in [0.15, 0.2) is 5.78 Å². The fourth-order valence-electron chi connectivity index (χ4n) is 2.20. The third-order valence-corrected chi connectivity index (χ3v) is 6.22. The first-order chi connectivity index (χ1) is 8.64. The number of halogens is 1. The molecule has 1 amide bonds. The zero-order valence-corrected chi connectivity index (χ0v) is 14.1. The van der Waals surface area contributed by atoms with E-state index in [2.05, 4.69) is 15.9 Å². The number of ketones is 1. The first-order valence-corrected chi connectivity index (χ1v) is 7.92. The summed E-state index contributed by atoms with van der Waals surface area (Å²) in [7, 11) is 1.50. The van der Waals surface area contributed by atoms with E-state index in [0.717, 1.165) is 11.3 Å². The average molecular weight is 348 g/mol. The van der Waals surface area contributed by atoms with Gasteiger partial charge in [0.1, 0.15) is 5.37 Å². The third-order valence-electron chi connectivity index (χ3n) is 3.36. The summed E-state index contributed by atoms with van der Waals surface area (Å²) in [5.41, 5.74) is 1.01. The van der Waals surface area contributed by atoms with E-state index in [1.807, 2.05) is 27.7 Å². The molecule has 2 atom stereocenters. The van der Waals surface area contributed by atoms with Crippen LogP contribution in [-0.2, 0) is 14.3 Å². The van der Waals surface area contributed by atoms with Crippen LogP contribution in [-0.4, -0.2) is 39.3 Å². The highest BCUT2D eigenvalue weighted by molar-refractivity contribution is 9.10. The molecule has 2 unspecified atom stereocenters. The summed E-state index contributed by atoms with van der Waals surface area (Å²) in [6.45, 7) is 7.52. The minimum atomic E-state index is -0.984. The smallest absolute Gasteiger partial charge is 0.274 e. The van der Waals surface area contributed by atoms with Gasteiger partial charge in [0.2, 0.25) is 4.51 Å². The van der Waals surface area contributed by atoms with Crippen molar-refractivity contribution in [2.24, 2.45) is 5.41 Å². The van der Waals surface area contributed by atoms with Gasteiger partial charge in [0.05, 0.1) is 5.70 Å². The Morgan fingerprint density at radius 2 is 2.11 bits per heavy atom. The highest BCUT2D eigenvalue weighted by Crippen LogP contribution is 2.51. The Hall–Kier alpha value is -0.330. The van der Waals surface area contributed by atoms with Crippen LogP contribution in [0.1, 0.15) is 27.7 Å². The molecular formula is C13H18BrNO3S. The summed E-state index contributed by atoms with van der Waals surface area (Å²) in [6.07, 6.45) is 0. The maximum absolute atomic E-state index is 12.5. The first kappa shape index (κ1) is 15.1. The molecular weight excluding hydrogens is 330 g/mol. The van der Waals surface area contributed by atoms with Gasteiger partial charge in [-0.25, -0.2) is 0 Å². The average Bonchev–Trinajstić information content (AvgIpc) is 2.34. The van der Waals surface area contributed by atoms with Crippen LogP contribution in [0.2, 0.25) is 0 Å². The molecule has 2 aliphatic rings. The van der Waals surface area contributed by atoms with Crippen molar-refractivity contribution in [2.75, 3.05) is 12.9 Å². The number of allylic oxidation sites excluding steroid dienone is 1. The number of alkyl halides is 1. The second-order valence-electron chi connectivity index (χ2n) is 5.90. The molecule has 1 saturated heterocycles. The number of fused-ring (bicyclic) bond motifs is 1. The maximum Gasteiger partial charge on any atom is 0.274 e. The van der Waals surface area contributed by atoms with Crippen LogP contribution in [0.15, 0.2) is 11.3 Å². The highest BCUT2D eigenvalue weighted by atomic mass is 79.9. The summed E-state index contributed by atoms with van der Waals surface area (Å²) >= 11 is 4.96. The van der Waals surface area contributed by atoms with Crippen LogP contribution in [0.25, 0.3) is 0 Å². The highest BCUT2D eigenvalue weighted by Gasteiger charge is 2.64. The van der Waals surface area contributed by atoms with Crippen molar-refractivity contribution < 1.29 is 14.3 Å². The SMILES string of the molecule is COC1(Br)C(=O)N2C(C(=O)C(C)(C)C)=C(C)CSC21. The van der Waals surface area contributed by atoms with E-state index < -0.39 is 9.93 Å². The summed E-state index contributed by atoms with van der Waals surface area (Å²) in [6, 6.07) is 0. The molecule has 2 rings (SSSR count). The normalized spacial score (nSPS) is 31.2. The van der Waals surface area contributed by atoms with Crippen LogP contribution in [0.3, 0.4) is 0 Å². The van der Waals surface area contributed by atoms with E-state index in [4.69, 9.17) is 4.74 Å². The number of carbonyl (C=O) groups excluding carboxylic acids is 2. The van der Waals surface area contributed by atoms with Crippen molar-refractivity contribution in [1.29, 1.82) is 0 Å². The Kier molecular flexibility index (Phi) is 3.65. The lowest BCUT2D eigenvalue weighted by Crippen LogP contribution is -2.71. The molecule has 0 aliphatic carbocycles. The molecule has 0 radical (unpaired) electrons. The number of hydrogen-bond acceptors (Lipinski definition) is 4. The standard InChI is InChI=1S/C13H18BrNO3S/c1-7-6-19-11-13(14,18-5)10(17)15(11)8(7)9(16)12(2,3)4/h11H,6H2,1-5H3. The number of β-lactam (4-membered cyclic amide) rings is 1. The minimum absolute atomic E-state index is 0.00861. The number of amides is 1. The van der Waals surface area contributed by atoms with Crippen LogP contribution in [0, 0.1) is 5.41 Å². The largest absolute Gasteiger partial charge is 0.356 e. The predicted molar refractivity (Wildman–Crippen MR) is 78.9 cm³/mol. The van der Waals surface area contributed by atoms with Crippen molar-refractivity contribution in [3.8, 4) is 0 Å². The topological polar surface area (TPSA) is 46.6 Å². The molecule has 0 saturated carbocycles. The molecule has 19 heavy (non-hydrogen) atoms. The Balaban J connectivity index is 2.40. The van der Waals surface area contributed by atoms with Crippen molar-refractivity contribution in [3.05, 3.63) is 11.3 Å². The summed E-state index contributed by atoms with van der Waals surface area (Å²) in [5, 5.41) is -0.171. The number of ether oxygens (including phenoxy) is 1. The van der Waals surface area contributed by atoms with Gasteiger partial charge in [-0.05, 0) is 28.4 Å². The number of nitrogens with zero attached hydrogens (tertiary/aromatic N) is 1. The monoisotopic (exact) mass is 347 g/mol. The first-order valence-electron chi connectivity index (χ1n) is 6.08. The Bertz CT molecular complexity index is 483. The molecule has 106 valence electrons. The number of methoxy groups -OCH3 is 1. The van der Waals surface area contributed by atoms with Gasteiger partial charge in [0.25, 0.3) is 5.91 Å². The van der Waals surface area contributed by atoms with E-state index in [1.54, 1.807) is 16.7 Å². The Labute approximate surface area is 126 Å². The third kappa shape index (κ3) is 2.08. The molecule has 4 nitrogen and oxygen atoms in total.